The monoisotopic (exact) mass is 225 g/mol. The first-order chi connectivity index (χ1) is 8.25. The van der Waals surface area contributed by atoms with Crippen LogP contribution < -0.4 is 11.5 Å². The predicted molar refractivity (Wildman–Crippen MR) is 67.2 cm³/mol. The summed E-state index contributed by atoms with van der Waals surface area (Å²) in [7, 11) is 0. The number of anilines is 2. The van der Waals surface area contributed by atoms with Crippen molar-refractivity contribution in [2.75, 3.05) is 11.5 Å². The number of para-hydroxylation sites is 1. The van der Waals surface area contributed by atoms with E-state index in [0.29, 0.717) is 23.0 Å². The number of fused-ring (bicyclic) bond motifs is 1. The van der Waals surface area contributed by atoms with Crippen molar-refractivity contribution in [1.29, 1.82) is 0 Å². The van der Waals surface area contributed by atoms with Gasteiger partial charge in [-0.2, -0.15) is 4.52 Å². The van der Waals surface area contributed by atoms with Crippen LogP contribution >= 0.6 is 0 Å². The molecule has 5 nitrogen and oxygen atoms in total. The molecule has 0 atom stereocenters. The summed E-state index contributed by atoms with van der Waals surface area (Å²) >= 11 is 0. The number of aromatic nitrogens is 3. The number of hydrogen-bond acceptors (Lipinski definition) is 4. The highest BCUT2D eigenvalue weighted by atomic mass is 15.3. The van der Waals surface area contributed by atoms with Crippen molar-refractivity contribution in [2.24, 2.45) is 0 Å². The van der Waals surface area contributed by atoms with Crippen LogP contribution in [0.2, 0.25) is 0 Å². The Bertz CT molecular complexity index is 686. The van der Waals surface area contributed by atoms with Gasteiger partial charge >= 0.3 is 0 Å². The minimum atomic E-state index is 0.552. The fourth-order valence-corrected chi connectivity index (χ4v) is 1.74. The molecule has 0 aliphatic carbocycles. The Morgan fingerprint density at radius 1 is 0.941 bits per heavy atom. The molecule has 1 aromatic carbocycles. The molecular formula is C12H11N5. The Balaban J connectivity index is 2.26. The standard InChI is InChI=1S/C12H11N5/c13-9-5-2-1-4-8(9)12-15-11-7-3-6-10(14)17(11)16-12/h1-7H,13-14H2. The fraction of sp³-hybridized carbons (Fsp3) is 0. The number of nitrogens with zero attached hydrogens (tertiary/aromatic N) is 3. The lowest BCUT2D eigenvalue weighted by Gasteiger charge is -1.98. The molecule has 0 radical (unpaired) electrons. The van der Waals surface area contributed by atoms with E-state index in [1.807, 2.05) is 36.4 Å². The minimum absolute atomic E-state index is 0.552. The molecule has 0 amide bonds. The van der Waals surface area contributed by atoms with E-state index >= 15 is 0 Å². The molecule has 0 aliphatic rings. The van der Waals surface area contributed by atoms with Crippen LogP contribution in [0.15, 0.2) is 42.5 Å². The summed E-state index contributed by atoms with van der Waals surface area (Å²) < 4.78 is 1.60. The molecular weight excluding hydrogens is 214 g/mol. The van der Waals surface area contributed by atoms with E-state index in [9.17, 15) is 0 Å². The summed E-state index contributed by atoms with van der Waals surface area (Å²) in [5, 5.41) is 4.34. The normalized spacial score (nSPS) is 10.8. The Hall–Kier alpha value is -2.56. The fourth-order valence-electron chi connectivity index (χ4n) is 1.74. The smallest absolute Gasteiger partial charge is 0.184 e. The van der Waals surface area contributed by atoms with Gasteiger partial charge in [0.05, 0.1) is 0 Å². The van der Waals surface area contributed by atoms with Gasteiger partial charge in [-0.05, 0) is 24.3 Å². The zero-order valence-corrected chi connectivity index (χ0v) is 9.04. The summed E-state index contributed by atoms with van der Waals surface area (Å²) in [6.07, 6.45) is 0. The number of hydrogen-bond donors (Lipinski definition) is 2. The van der Waals surface area contributed by atoms with Gasteiger partial charge in [-0.1, -0.05) is 18.2 Å². The van der Waals surface area contributed by atoms with Crippen molar-refractivity contribution in [3.8, 4) is 11.4 Å². The molecule has 2 aromatic heterocycles. The summed E-state index contributed by atoms with van der Waals surface area (Å²) in [6.45, 7) is 0. The molecule has 0 aliphatic heterocycles. The van der Waals surface area contributed by atoms with Gasteiger partial charge in [0, 0.05) is 11.3 Å². The third-order valence-corrected chi connectivity index (χ3v) is 2.59. The lowest BCUT2D eigenvalue weighted by Crippen LogP contribution is -1.97. The van der Waals surface area contributed by atoms with Crippen molar-refractivity contribution in [2.45, 2.75) is 0 Å². The maximum atomic E-state index is 5.89. The molecule has 0 bridgehead atoms. The average molecular weight is 225 g/mol. The van der Waals surface area contributed by atoms with Crippen molar-refractivity contribution >= 4 is 17.2 Å². The van der Waals surface area contributed by atoms with Gasteiger partial charge in [-0.15, -0.1) is 5.10 Å². The van der Waals surface area contributed by atoms with Gasteiger partial charge in [-0.25, -0.2) is 4.98 Å². The lowest BCUT2D eigenvalue weighted by molar-refractivity contribution is 0.978. The van der Waals surface area contributed by atoms with Gasteiger partial charge in [0.15, 0.2) is 11.5 Å². The second-order valence-corrected chi connectivity index (χ2v) is 3.74. The van der Waals surface area contributed by atoms with Crippen LogP contribution in [0.4, 0.5) is 11.5 Å². The molecule has 0 unspecified atom stereocenters. The van der Waals surface area contributed by atoms with E-state index in [-0.39, 0.29) is 0 Å². The van der Waals surface area contributed by atoms with Crippen LogP contribution in [0.1, 0.15) is 0 Å². The van der Waals surface area contributed by atoms with Crippen LogP contribution in [0.25, 0.3) is 17.0 Å². The predicted octanol–water partition coefficient (Wildman–Crippen LogP) is 1.56. The molecule has 0 spiro atoms. The van der Waals surface area contributed by atoms with Gasteiger partial charge in [0.25, 0.3) is 0 Å². The topological polar surface area (TPSA) is 82.2 Å². The van der Waals surface area contributed by atoms with Crippen LogP contribution in [-0.2, 0) is 0 Å². The number of pyridine rings is 1. The largest absolute Gasteiger partial charge is 0.398 e. The summed E-state index contributed by atoms with van der Waals surface area (Å²) in [6, 6.07) is 13.0. The van der Waals surface area contributed by atoms with E-state index in [1.54, 1.807) is 10.6 Å². The Morgan fingerprint density at radius 3 is 2.53 bits per heavy atom. The van der Waals surface area contributed by atoms with Crippen molar-refractivity contribution in [3.05, 3.63) is 42.5 Å². The van der Waals surface area contributed by atoms with Crippen molar-refractivity contribution < 1.29 is 0 Å². The van der Waals surface area contributed by atoms with Crippen LogP contribution in [-0.4, -0.2) is 14.6 Å². The lowest BCUT2D eigenvalue weighted by atomic mass is 10.2. The Morgan fingerprint density at radius 2 is 1.76 bits per heavy atom. The highest BCUT2D eigenvalue weighted by molar-refractivity contribution is 5.72. The zero-order valence-electron chi connectivity index (χ0n) is 9.04. The molecule has 84 valence electrons. The average Bonchev–Trinajstić information content (AvgIpc) is 2.75. The Labute approximate surface area is 97.7 Å². The van der Waals surface area contributed by atoms with E-state index in [2.05, 4.69) is 10.1 Å². The van der Waals surface area contributed by atoms with E-state index in [0.717, 1.165) is 5.56 Å². The highest BCUT2D eigenvalue weighted by Crippen LogP contribution is 2.23. The van der Waals surface area contributed by atoms with E-state index < -0.39 is 0 Å². The van der Waals surface area contributed by atoms with E-state index in [1.165, 1.54) is 0 Å². The molecule has 4 N–H and O–H groups in total. The molecule has 3 aromatic rings. The molecule has 3 rings (SSSR count). The molecule has 0 fully saturated rings. The van der Waals surface area contributed by atoms with Crippen LogP contribution in [0, 0.1) is 0 Å². The summed E-state index contributed by atoms with van der Waals surface area (Å²) in [4.78, 5) is 4.40. The highest BCUT2D eigenvalue weighted by Gasteiger charge is 2.09. The van der Waals surface area contributed by atoms with Crippen molar-refractivity contribution in [1.82, 2.24) is 14.6 Å². The first-order valence-corrected chi connectivity index (χ1v) is 5.22. The van der Waals surface area contributed by atoms with E-state index in [4.69, 9.17) is 11.5 Å². The summed E-state index contributed by atoms with van der Waals surface area (Å²) in [5.74, 6) is 1.14. The maximum Gasteiger partial charge on any atom is 0.184 e. The SMILES string of the molecule is Nc1ccccc1-c1nc2cccc(N)n2n1. The number of nitrogen functional groups attached to an aromatic ring is 2. The first-order valence-electron chi connectivity index (χ1n) is 5.22. The van der Waals surface area contributed by atoms with Crippen molar-refractivity contribution in [3.63, 3.8) is 0 Å². The molecule has 5 heteroatoms. The summed E-state index contributed by atoms with van der Waals surface area (Å²) in [5.41, 5.74) is 13.9. The van der Waals surface area contributed by atoms with Gasteiger partial charge in [-0.3, -0.25) is 0 Å². The maximum absolute atomic E-state index is 5.89. The first kappa shape index (κ1) is 9.65. The molecule has 0 saturated carbocycles. The molecule has 2 heterocycles. The number of rotatable bonds is 1. The molecule has 17 heavy (non-hydrogen) atoms. The van der Waals surface area contributed by atoms with Gasteiger partial charge < -0.3 is 11.5 Å². The van der Waals surface area contributed by atoms with Gasteiger partial charge in [0.1, 0.15) is 5.82 Å². The molecule has 0 saturated heterocycles. The second kappa shape index (κ2) is 3.48. The third-order valence-electron chi connectivity index (χ3n) is 2.59. The second-order valence-electron chi connectivity index (χ2n) is 3.74. The quantitative estimate of drug-likeness (QED) is 0.616. The van der Waals surface area contributed by atoms with Gasteiger partial charge in [0.2, 0.25) is 0 Å². The van der Waals surface area contributed by atoms with Crippen LogP contribution in [0.3, 0.4) is 0 Å². The Kier molecular flexibility index (Phi) is 1.98. The number of nitrogens with two attached hydrogens (primary N) is 2. The zero-order chi connectivity index (χ0) is 11.8. The van der Waals surface area contributed by atoms with Crippen LogP contribution in [0.5, 0.6) is 0 Å². The minimum Gasteiger partial charge on any atom is -0.398 e. The number of benzene rings is 1. The third kappa shape index (κ3) is 1.48.